The molecule has 9 heteroatoms. The second-order valence-electron chi connectivity index (χ2n) is 5.45. The summed E-state index contributed by atoms with van der Waals surface area (Å²) in [6, 6.07) is 7.99. The van der Waals surface area contributed by atoms with Crippen molar-refractivity contribution in [1.29, 1.82) is 0 Å². The molecule has 6 nitrogen and oxygen atoms in total. The lowest BCUT2D eigenvalue weighted by molar-refractivity contribution is -0.138. The average Bonchev–Trinajstić information content (AvgIpc) is 3.09. The van der Waals surface area contributed by atoms with Crippen molar-refractivity contribution in [3.63, 3.8) is 0 Å². The lowest BCUT2D eigenvalue weighted by Gasteiger charge is -2.18. The number of hydrogen-bond donors (Lipinski definition) is 0. The van der Waals surface area contributed by atoms with E-state index in [0.717, 1.165) is 17.0 Å². The van der Waals surface area contributed by atoms with Crippen LogP contribution in [0.4, 0.5) is 13.2 Å². The third-order valence-electron chi connectivity index (χ3n) is 3.59. The second kappa shape index (κ2) is 6.95. The van der Waals surface area contributed by atoms with Crippen molar-refractivity contribution in [3.05, 3.63) is 65.8 Å². The van der Waals surface area contributed by atoms with Gasteiger partial charge in [0.25, 0.3) is 5.91 Å². The quantitative estimate of drug-likeness (QED) is 0.711. The van der Waals surface area contributed by atoms with Gasteiger partial charge in [-0.15, -0.1) is 0 Å². The molecule has 1 amide bonds. The van der Waals surface area contributed by atoms with Crippen molar-refractivity contribution in [2.75, 3.05) is 7.05 Å². The second-order valence-corrected chi connectivity index (χ2v) is 5.45. The van der Waals surface area contributed by atoms with Gasteiger partial charge < -0.3 is 9.42 Å². The van der Waals surface area contributed by atoms with Crippen LogP contribution in [0.1, 0.15) is 21.8 Å². The van der Waals surface area contributed by atoms with Crippen molar-refractivity contribution in [1.82, 2.24) is 20.0 Å². The number of rotatable bonds is 4. The Morgan fingerprint density at radius 2 is 1.85 bits per heavy atom. The minimum absolute atomic E-state index is 0.108. The zero-order chi connectivity index (χ0) is 18.7. The van der Waals surface area contributed by atoms with E-state index in [2.05, 4.69) is 15.1 Å². The molecule has 0 fully saturated rings. The molecule has 2 heterocycles. The number of nitrogens with zero attached hydrogens (tertiary/aromatic N) is 4. The highest BCUT2D eigenvalue weighted by Gasteiger charge is 2.35. The number of pyridine rings is 1. The number of benzene rings is 1. The first-order chi connectivity index (χ1) is 12.4. The molecular formula is C17H13F3N4O2. The fourth-order valence-electron chi connectivity index (χ4n) is 2.33. The maximum Gasteiger partial charge on any atom is 0.417 e. The molecule has 0 radical (unpaired) electrons. The Kier molecular flexibility index (Phi) is 4.70. The van der Waals surface area contributed by atoms with Crippen molar-refractivity contribution in [2.45, 2.75) is 12.7 Å². The molecule has 3 rings (SSSR count). The number of halogens is 3. The molecule has 0 spiro atoms. The van der Waals surface area contributed by atoms with Crippen LogP contribution in [-0.2, 0) is 12.7 Å². The van der Waals surface area contributed by atoms with Crippen molar-refractivity contribution in [2.24, 2.45) is 0 Å². The normalized spacial score (nSPS) is 11.4. The highest BCUT2D eigenvalue weighted by molar-refractivity contribution is 5.95. The molecular weight excluding hydrogens is 349 g/mol. The predicted molar refractivity (Wildman–Crippen MR) is 84.8 cm³/mol. The summed E-state index contributed by atoms with van der Waals surface area (Å²) >= 11 is 0. The van der Waals surface area contributed by atoms with Crippen molar-refractivity contribution in [3.8, 4) is 11.4 Å². The van der Waals surface area contributed by atoms with Gasteiger partial charge in [-0.05, 0) is 24.3 Å². The SMILES string of the molecule is CN(Cc1nc(-c2ccncc2)no1)C(=O)c1ccccc1C(F)(F)F. The molecule has 0 aliphatic heterocycles. The van der Waals surface area contributed by atoms with Gasteiger partial charge in [0, 0.05) is 25.0 Å². The van der Waals surface area contributed by atoms with E-state index in [9.17, 15) is 18.0 Å². The molecule has 134 valence electrons. The summed E-state index contributed by atoms with van der Waals surface area (Å²) in [7, 11) is 1.37. The van der Waals surface area contributed by atoms with Crippen LogP contribution in [0.3, 0.4) is 0 Å². The maximum absolute atomic E-state index is 13.1. The Balaban J connectivity index is 1.78. The summed E-state index contributed by atoms with van der Waals surface area (Å²) in [5.41, 5.74) is -0.748. The van der Waals surface area contributed by atoms with Crippen LogP contribution in [-0.4, -0.2) is 33.0 Å². The molecule has 26 heavy (non-hydrogen) atoms. The van der Waals surface area contributed by atoms with Gasteiger partial charge in [-0.2, -0.15) is 18.2 Å². The molecule has 0 bridgehead atoms. The molecule has 2 aromatic heterocycles. The molecule has 0 aliphatic rings. The van der Waals surface area contributed by atoms with Crippen LogP contribution < -0.4 is 0 Å². The van der Waals surface area contributed by atoms with Crippen LogP contribution in [0.5, 0.6) is 0 Å². The van der Waals surface area contributed by atoms with E-state index in [4.69, 9.17) is 4.52 Å². The third kappa shape index (κ3) is 3.71. The molecule has 3 aromatic rings. The van der Waals surface area contributed by atoms with E-state index in [-0.39, 0.29) is 12.4 Å². The summed E-state index contributed by atoms with van der Waals surface area (Å²) in [5.74, 6) is -0.377. The Morgan fingerprint density at radius 1 is 1.15 bits per heavy atom. The molecule has 1 aromatic carbocycles. The molecule has 0 N–H and O–H groups in total. The van der Waals surface area contributed by atoms with Gasteiger partial charge in [-0.3, -0.25) is 9.78 Å². The molecule has 0 aliphatic carbocycles. The first-order valence-corrected chi connectivity index (χ1v) is 7.51. The first-order valence-electron chi connectivity index (χ1n) is 7.51. The highest BCUT2D eigenvalue weighted by atomic mass is 19.4. The van der Waals surface area contributed by atoms with Gasteiger partial charge >= 0.3 is 6.18 Å². The van der Waals surface area contributed by atoms with Gasteiger partial charge in [0.05, 0.1) is 17.7 Å². The van der Waals surface area contributed by atoms with Crippen LogP contribution in [0.15, 0.2) is 53.3 Å². The lowest BCUT2D eigenvalue weighted by atomic mass is 10.1. The Morgan fingerprint density at radius 3 is 2.54 bits per heavy atom. The zero-order valence-electron chi connectivity index (χ0n) is 13.6. The smallest absolute Gasteiger partial charge is 0.337 e. The number of aromatic nitrogens is 3. The average molecular weight is 362 g/mol. The van der Waals surface area contributed by atoms with E-state index in [1.807, 2.05) is 0 Å². The van der Waals surface area contributed by atoms with E-state index >= 15 is 0 Å². The minimum atomic E-state index is -4.62. The van der Waals surface area contributed by atoms with Crippen molar-refractivity contribution < 1.29 is 22.5 Å². The van der Waals surface area contributed by atoms with Gasteiger partial charge in [-0.1, -0.05) is 17.3 Å². The number of amides is 1. The Hall–Kier alpha value is -3.23. The standard InChI is InChI=1S/C17H13F3N4O2/c1-24(16(25)12-4-2-3-5-13(12)17(18,19)20)10-14-22-15(23-26-14)11-6-8-21-9-7-11/h2-9H,10H2,1H3. The number of carbonyl (C=O) groups excluding carboxylic acids is 1. The lowest BCUT2D eigenvalue weighted by Crippen LogP contribution is -2.28. The largest absolute Gasteiger partial charge is 0.417 e. The van der Waals surface area contributed by atoms with Crippen LogP contribution in [0.25, 0.3) is 11.4 Å². The molecule has 0 atom stereocenters. The predicted octanol–water partition coefficient (Wildman–Crippen LogP) is 3.42. The van der Waals surface area contributed by atoms with E-state index in [1.54, 1.807) is 24.5 Å². The monoisotopic (exact) mass is 362 g/mol. The van der Waals surface area contributed by atoms with E-state index in [0.29, 0.717) is 11.4 Å². The van der Waals surface area contributed by atoms with Gasteiger partial charge in [0.1, 0.15) is 0 Å². The molecule has 0 saturated heterocycles. The van der Waals surface area contributed by atoms with E-state index < -0.39 is 23.2 Å². The fourth-order valence-corrected chi connectivity index (χ4v) is 2.33. The van der Waals surface area contributed by atoms with Gasteiger partial charge in [0.15, 0.2) is 0 Å². The Bertz CT molecular complexity index is 910. The number of hydrogen-bond acceptors (Lipinski definition) is 5. The summed E-state index contributed by atoms with van der Waals surface area (Å²) < 4.78 is 44.3. The van der Waals surface area contributed by atoms with Gasteiger partial charge in [0.2, 0.25) is 11.7 Å². The highest BCUT2D eigenvalue weighted by Crippen LogP contribution is 2.32. The topological polar surface area (TPSA) is 72.1 Å². The summed E-state index contributed by atoms with van der Waals surface area (Å²) in [6.45, 7) is -0.122. The van der Waals surface area contributed by atoms with Gasteiger partial charge in [-0.25, -0.2) is 0 Å². The van der Waals surface area contributed by atoms with Crippen molar-refractivity contribution >= 4 is 5.91 Å². The summed E-state index contributed by atoms with van der Waals surface area (Å²) in [6.07, 6.45) is -1.49. The number of carbonyl (C=O) groups is 1. The summed E-state index contributed by atoms with van der Waals surface area (Å²) in [5, 5.41) is 3.80. The number of alkyl halides is 3. The van der Waals surface area contributed by atoms with E-state index in [1.165, 1.54) is 19.2 Å². The van der Waals surface area contributed by atoms with Crippen LogP contribution in [0.2, 0.25) is 0 Å². The third-order valence-corrected chi connectivity index (χ3v) is 3.59. The summed E-state index contributed by atoms with van der Waals surface area (Å²) in [4.78, 5) is 21.5. The molecule has 0 saturated carbocycles. The van der Waals surface area contributed by atoms with Crippen LogP contribution in [0, 0.1) is 0 Å². The maximum atomic E-state index is 13.1. The minimum Gasteiger partial charge on any atom is -0.337 e. The zero-order valence-corrected chi connectivity index (χ0v) is 13.6. The Labute approximate surface area is 146 Å². The first kappa shape index (κ1) is 17.6. The fraction of sp³-hybridized carbons (Fsp3) is 0.176. The van der Waals surface area contributed by atoms with Crippen LogP contribution >= 0.6 is 0 Å². The molecule has 0 unspecified atom stereocenters.